The molecule has 3 fully saturated rings. The zero-order chi connectivity index (χ0) is 22.7. The predicted octanol–water partition coefficient (Wildman–Crippen LogP) is 5.18. The van der Waals surface area contributed by atoms with Crippen LogP contribution in [0, 0.1) is 0 Å². The van der Waals surface area contributed by atoms with E-state index in [-0.39, 0.29) is 17.6 Å². The lowest BCUT2D eigenvalue weighted by molar-refractivity contribution is -0.117. The highest BCUT2D eigenvalue weighted by Crippen LogP contribution is 2.39. The summed E-state index contributed by atoms with van der Waals surface area (Å²) in [7, 11) is 0. The summed E-state index contributed by atoms with van der Waals surface area (Å²) in [6.07, 6.45) is 8.25. The molecular formula is C28H36N2O3. The van der Waals surface area contributed by atoms with Crippen molar-refractivity contribution >= 4 is 11.6 Å². The van der Waals surface area contributed by atoms with Gasteiger partial charge >= 0.3 is 0 Å². The molecule has 5 rings (SSSR count). The molecule has 1 saturated carbocycles. The summed E-state index contributed by atoms with van der Waals surface area (Å²) in [6, 6.07) is 18.6. The van der Waals surface area contributed by atoms with Crippen LogP contribution in [0.3, 0.4) is 0 Å². The first-order valence-corrected chi connectivity index (χ1v) is 12.6. The Morgan fingerprint density at radius 3 is 2.48 bits per heavy atom. The molecule has 0 aromatic heterocycles. The monoisotopic (exact) mass is 448 g/mol. The number of rotatable bonds is 6. The number of amides is 1. The molecular weight excluding hydrogens is 412 g/mol. The average molecular weight is 449 g/mol. The molecule has 2 aromatic carbocycles. The molecule has 0 N–H and O–H groups in total. The van der Waals surface area contributed by atoms with Crippen LogP contribution < -0.4 is 9.64 Å². The van der Waals surface area contributed by atoms with E-state index in [1.54, 1.807) is 6.92 Å². The fourth-order valence-electron chi connectivity index (χ4n) is 5.87. The number of ether oxygens (including phenoxy) is 2. The van der Waals surface area contributed by atoms with Gasteiger partial charge in [-0.05, 0) is 63.1 Å². The first-order valence-electron chi connectivity index (χ1n) is 12.6. The SMILES string of the molecule is CC(=O)N(c1ccccc1)[C@@H]1COC2(CCN(Cc3ccccc3OC3CCCC3)CC2)C1. The van der Waals surface area contributed by atoms with Crippen LogP contribution in [-0.4, -0.2) is 48.3 Å². The van der Waals surface area contributed by atoms with E-state index in [0.717, 1.165) is 50.3 Å². The zero-order valence-corrected chi connectivity index (χ0v) is 19.7. The molecule has 1 atom stereocenters. The highest BCUT2D eigenvalue weighted by atomic mass is 16.5. The van der Waals surface area contributed by atoms with Crippen molar-refractivity contribution < 1.29 is 14.3 Å². The molecule has 2 saturated heterocycles. The second kappa shape index (κ2) is 9.86. The van der Waals surface area contributed by atoms with Crippen LogP contribution in [0.15, 0.2) is 54.6 Å². The number of likely N-dealkylation sites (tertiary alicyclic amines) is 1. The number of carbonyl (C=O) groups excluding carboxylic acids is 1. The molecule has 0 radical (unpaired) electrons. The largest absolute Gasteiger partial charge is 0.490 e. The van der Waals surface area contributed by atoms with E-state index in [0.29, 0.717) is 12.7 Å². The number of hydrogen-bond acceptors (Lipinski definition) is 4. The van der Waals surface area contributed by atoms with Crippen molar-refractivity contribution in [3.63, 3.8) is 0 Å². The molecule has 5 heteroatoms. The molecule has 1 spiro atoms. The summed E-state index contributed by atoms with van der Waals surface area (Å²) in [5.74, 6) is 1.14. The fourth-order valence-corrected chi connectivity index (χ4v) is 5.87. The summed E-state index contributed by atoms with van der Waals surface area (Å²) < 4.78 is 12.8. The topological polar surface area (TPSA) is 42.0 Å². The Labute approximate surface area is 197 Å². The van der Waals surface area contributed by atoms with E-state index in [1.807, 2.05) is 35.2 Å². The number of piperidine rings is 1. The summed E-state index contributed by atoms with van der Waals surface area (Å²) in [6.45, 7) is 5.22. The van der Waals surface area contributed by atoms with Gasteiger partial charge in [-0.15, -0.1) is 0 Å². The van der Waals surface area contributed by atoms with Gasteiger partial charge in [-0.2, -0.15) is 0 Å². The van der Waals surface area contributed by atoms with Crippen LogP contribution in [0.25, 0.3) is 0 Å². The first kappa shape index (κ1) is 22.4. The Hall–Kier alpha value is -2.37. The molecule has 1 amide bonds. The molecule has 1 aliphatic carbocycles. The van der Waals surface area contributed by atoms with Gasteiger partial charge in [0, 0.05) is 37.8 Å². The predicted molar refractivity (Wildman–Crippen MR) is 131 cm³/mol. The van der Waals surface area contributed by atoms with Gasteiger partial charge in [-0.3, -0.25) is 9.69 Å². The van der Waals surface area contributed by atoms with Crippen molar-refractivity contribution in [3.8, 4) is 5.75 Å². The molecule has 5 nitrogen and oxygen atoms in total. The molecule has 33 heavy (non-hydrogen) atoms. The third-order valence-electron chi connectivity index (χ3n) is 7.66. The zero-order valence-electron chi connectivity index (χ0n) is 19.7. The van der Waals surface area contributed by atoms with Crippen LogP contribution in [-0.2, 0) is 16.1 Å². The van der Waals surface area contributed by atoms with Gasteiger partial charge in [0.2, 0.25) is 5.91 Å². The summed E-state index contributed by atoms with van der Waals surface area (Å²) in [5, 5.41) is 0. The van der Waals surface area contributed by atoms with Crippen LogP contribution >= 0.6 is 0 Å². The quantitative estimate of drug-likeness (QED) is 0.610. The third kappa shape index (κ3) is 5.10. The van der Waals surface area contributed by atoms with E-state index in [9.17, 15) is 4.79 Å². The molecule has 2 heterocycles. The Morgan fingerprint density at radius 2 is 1.76 bits per heavy atom. The lowest BCUT2D eigenvalue weighted by atomic mass is 9.86. The number of benzene rings is 2. The molecule has 176 valence electrons. The molecule has 0 bridgehead atoms. The molecule has 2 aromatic rings. The van der Waals surface area contributed by atoms with Crippen molar-refractivity contribution in [2.75, 3.05) is 24.6 Å². The number of hydrogen-bond donors (Lipinski definition) is 0. The summed E-state index contributed by atoms with van der Waals surface area (Å²) in [4.78, 5) is 16.9. The van der Waals surface area contributed by atoms with Crippen LogP contribution in [0.4, 0.5) is 5.69 Å². The first-order chi connectivity index (χ1) is 16.1. The van der Waals surface area contributed by atoms with E-state index >= 15 is 0 Å². The van der Waals surface area contributed by atoms with E-state index in [1.165, 1.54) is 31.2 Å². The van der Waals surface area contributed by atoms with Crippen LogP contribution in [0.5, 0.6) is 5.75 Å². The van der Waals surface area contributed by atoms with E-state index in [4.69, 9.17) is 9.47 Å². The van der Waals surface area contributed by atoms with Gasteiger partial charge in [-0.1, -0.05) is 36.4 Å². The molecule has 3 aliphatic rings. The number of anilines is 1. The normalized spacial score (nSPS) is 23.1. The van der Waals surface area contributed by atoms with E-state index < -0.39 is 0 Å². The van der Waals surface area contributed by atoms with E-state index in [2.05, 4.69) is 29.2 Å². The highest BCUT2D eigenvalue weighted by Gasteiger charge is 2.45. The lowest BCUT2D eigenvalue weighted by Crippen LogP contribution is -2.45. The van der Waals surface area contributed by atoms with Crippen molar-refractivity contribution in [3.05, 3.63) is 60.2 Å². The maximum absolute atomic E-state index is 12.5. The van der Waals surface area contributed by atoms with Crippen molar-refractivity contribution in [2.45, 2.75) is 76.2 Å². The Kier molecular flexibility index (Phi) is 6.70. The highest BCUT2D eigenvalue weighted by molar-refractivity contribution is 5.92. The number of nitrogens with zero attached hydrogens (tertiary/aromatic N) is 2. The summed E-state index contributed by atoms with van der Waals surface area (Å²) in [5.41, 5.74) is 2.15. The number of para-hydroxylation sites is 2. The van der Waals surface area contributed by atoms with Gasteiger partial charge in [-0.25, -0.2) is 0 Å². The van der Waals surface area contributed by atoms with Crippen LogP contribution in [0.2, 0.25) is 0 Å². The van der Waals surface area contributed by atoms with Gasteiger partial charge < -0.3 is 14.4 Å². The minimum atomic E-state index is -0.108. The van der Waals surface area contributed by atoms with Crippen LogP contribution in [0.1, 0.15) is 57.4 Å². The summed E-state index contributed by atoms with van der Waals surface area (Å²) >= 11 is 0. The van der Waals surface area contributed by atoms with Gasteiger partial charge in [0.1, 0.15) is 5.75 Å². The second-order valence-electron chi connectivity index (χ2n) is 9.98. The smallest absolute Gasteiger partial charge is 0.224 e. The minimum absolute atomic E-state index is 0.0863. The standard InChI is InChI=1S/C28H36N2O3/c1-22(31)30(24-10-3-2-4-11-24)25-19-28(32-21-25)15-17-29(18-16-28)20-23-9-5-8-14-27(23)33-26-12-6-7-13-26/h2-5,8-11,14,25-26H,6-7,12-13,15-21H2,1H3/t25-/m0/s1. The minimum Gasteiger partial charge on any atom is -0.490 e. The van der Waals surface area contributed by atoms with Crippen molar-refractivity contribution in [2.24, 2.45) is 0 Å². The van der Waals surface area contributed by atoms with Gasteiger partial charge in [0.25, 0.3) is 0 Å². The Bertz CT molecular complexity index is 933. The van der Waals surface area contributed by atoms with Gasteiger partial charge in [0.05, 0.1) is 24.4 Å². The lowest BCUT2D eigenvalue weighted by Gasteiger charge is -2.39. The fraction of sp³-hybridized carbons (Fsp3) is 0.536. The second-order valence-corrected chi connectivity index (χ2v) is 9.98. The maximum atomic E-state index is 12.5. The third-order valence-corrected chi connectivity index (χ3v) is 7.66. The van der Waals surface area contributed by atoms with Gasteiger partial charge in [0.15, 0.2) is 0 Å². The molecule has 0 unspecified atom stereocenters. The maximum Gasteiger partial charge on any atom is 0.224 e. The number of carbonyl (C=O) groups is 1. The Balaban J connectivity index is 1.19. The average Bonchev–Trinajstić information content (AvgIpc) is 3.48. The molecule has 2 aliphatic heterocycles. The van der Waals surface area contributed by atoms with Crippen molar-refractivity contribution in [1.82, 2.24) is 4.90 Å². The Morgan fingerprint density at radius 1 is 1.06 bits per heavy atom. The van der Waals surface area contributed by atoms with Crippen molar-refractivity contribution in [1.29, 1.82) is 0 Å².